The van der Waals surface area contributed by atoms with Crippen molar-refractivity contribution < 1.29 is 9.53 Å². The number of thioether (sulfide) groups is 1. The maximum atomic E-state index is 11.9. The fourth-order valence-corrected chi connectivity index (χ4v) is 5.08. The topological polar surface area (TPSA) is 52.1 Å². The Morgan fingerprint density at radius 2 is 2.35 bits per heavy atom. The molecule has 1 aromatic heterocycles. The van der Waals surface area contributed by atoms with Crippen LogP contribution in [0.15, 0.2) is 9.85 Å². The van der Waals surface area contributed by atoms with E-state index >= 15 is 0 Å². The van der Waals surface area contributed by atoms with Crippen molar-refractivity contribution in [3.63, 3.8) is 0 Å². The average Bonchev–Trinajstić information content (AvgIpc) is 2.91. The molecule has 0 aromatic carbocycles. The summed E-state index contributed by atoms with van der Waals surface area (Å²) in [5.41, 5.74) is 2.11. The minimum absolute atomic E-state index is 0.106. The van der Waals surface area contributed by atoms with E-state index in [-0.39, 0.29) is 12.1 Å². The maximum Gasteiger partial charge on any atom is 0.316 e. The van der Waals surface area contributed by atoms with Crippen LogP contribution in [0.25, 0.3) is 0 Å². The Kier molecular flexibility index (Phi) is 3.79. The molecule has 4 unspecified atom stereocenters. The SMILES string of the molecule is CC1C(OC(=O)CSc2nncs2)CC2CC1C2(C)C. The number of rotatable bonds is 4. The third-order valence-electron chi connectivity index (χ3n) is 5.22. The van der Waals surface area contributed by atoms with Gasteiger partial charge in [-0.2, -0.15) is 0 Å². The molecule has 0 radical (unpaired) electrons. The van der Waals surface area contributed by atoms with Gasteiger partial charge in [0.25, 0.3) is 0 Å². The first-order chi connectivity index (χ1) is 9.48. The van der Waals surface area contributed by atoms with E-state index in [1.165, 1.54) is 29.5 Å². The van der Waals surface area contributed by atoms with Gasteiger partial charge in [-0.3, -0.25) is 4.79 Å². The number of hydrogen-bond acceptors (Lipinski definition) is 6. The Hall–Kier alpha value is -0.620. The lowest BCUT2D eigenvalue weighted by Crippen LogP contribution is -2.57. The molecule has 0 saturated heterocycles. The summed E-state index contributed by atoms with van der Waals surface area (Å²) in [6, 6.07) is 0. The average molecular weight is 312 g/mol. The van der Waals surface area contributed by atoms with E-state index in [0.717, 1.165) is 16.7 Å². The molecule has 4 rings (SSSR count). The lowest BCUT2D eigenvalue weighted by Gasteiger charge is -2.61. The highest BCUT2D eigenvalue weighted by atomic mass is 32.2. The van der Waals surface area contributed by atoms with Crippen LogP contribution in [0, 0.1) is 23.2 Å². The molecule has 3 aliphatic carbocycles. The van der Waals surface area contributed by atoms with Crippen LogP contribution in [0.2, 0.25) is 0 Å². The van der Waals surface area contributed by atoms with Gasteiger partial charge in [-0.25, -0.2) is 0 Å². The van der Waals surface area contributed by atoms with Gasteiger partial charge in [-0.05, 0) is 36.0 Å². The van der Waals surface area contributed by atoms with Gasteiger partial charge in [0.1, 0.15) is 11.6 Å². The van der Waals surface area contributed by atoms with Crippen LogP contribution in [-0.2, 0) is 9.53 Å². The smallest absolute Gasteiger partial charge is 0.316 e. The van der Waals surface area contributed by atoms with Gasteiger partial charge >= 0.3 is 5.97 Å². The lowest BCUT2D eigenvalue weighted by atomic mass is 9.45. The summed E-state index contributed by atoms with van der Waals surface area (Å²) < 4.78 is 6.51. The van der Waals surface area contributed by atoms with Crippen LogP contribution < -0.4 is 0 Å². The standard InChI is InChI=1S/C14H20N2O2S2/c1-8-10-4-9(14(10,2)3)5-11(8)18-12(17)6-19-13-16-15-7-20-13/h7-11H,4-6H2,1-3H3. The number of fused-ring (bicyclic) bond motifs is 2. The first kappa shape index (κ1) is 14.3. The van der Waals surface area contributed by atoms with Crippen LogP contribution >= 0.6 is 23.1 Å². The highest BCUT2D eigenvalue weighted by molar-refractivity contribution is 8.01. The number of nitrogens with zero attached hydrogens (tertiary/aromatic N) is 2. The van der Waals surface area contributed by atoms with Crippen LogP contribution in [0.1, 0.15) is 33.6 Å². The van der Waals surface area contributed by atoms with Crippen LogP contribution in [0.5, 0.6) is 0 Å². The molecule has 1 heterocycles. The Bertz CT molecular complexity index is 489. The number of esters is 1. The fraction of sp³-hybridized carbons (Fsp3) is 0.786. The van der Waals surface area contributed by atoms with Gasteiger partial charge in [0, 0.05) is 0 Å². The van der Waals surface area contributed by atoms with E-state index < -0.39 is 0 Å². The molecular formula is C14H20N2O2S2. The van der Waals surface area contributed by atoms with Gasteiger partial charge in [0.05, 0.1) is 5.75 Å². The zero-order valence-corrected chi connectivity index (χ0v) is 13.7. The second-order valence-corrected chi connectivity index (χ2v) is 8.53. The molecule has 3 saturated carbocycles. The fourth-order valence-electron chi connectivity index (χ4n) is 3.81. The summed E-state index contributed by atoms with van der Waals surface area (Å²) in [5, 5.41) is 7.67. The van der Waals surface area contributed by atoms with Gasteiger partial charge in [-0.15, -0.1) is 10.2 Å². The van der Waals surface area contributed by atoms with E-state index in [2.05, 4.69) is 31.0 Å². The highest BCUT2D eigenvalue weighted by Gasteiger charge is 2.57. The van der Waals surface area contributed by atoms with Crippen molar-refractivity contribution in [3.05, 3.63) is 5.51 Å². The Morgan fingerprint density at radius 1 is 1.55 bits per heavy atom. The molecule has 20 heavy (non-hydrogen) atoms. The molecule has 1 aromatic rings. The first-order valence-electron chi connectivity index (χ1n) is 7.07. The molecule has 110 valence electrons. The summed E-state index contributed by atoms with van der Waals surface area (Å²) in [6.07, 6.45) is 2.44. The zero-order valence-electron chi connectivity index (χ0n) is 12.0. The summed E-state index contributed by atoms with van der Waals surface area (Å²) in [4.78, 5) is 11.9. The number of aromatic nitrogens is 2. The minimum Gasteiger partial charge on any atom is -0.461 e. The third-order valence-corrected chi connectivity index (χ3v) is 7.05. The number of hydrogen-bond donors (Lipinski definition) is 0. The lowest BCUT2D eigenvalue weighted by molar-refractivity contribution is -0.183. The van der Waals surface area contributed by atoms with E-state index in [0.29, 0.717) is 23.0 Å². The number of ether oxygens (including phenoxy) is 1. The second kappa shape index (κ2) is 5.30. The molecule has 0 N–H and O–H groups in total. The van der Waals surface area contributed by atoms with Crippen molar-refractivity contribution in [2.75, 3.05) is 5.75 Å². The van der Waals surface area contributed by atoms with Gasteiger partial charge in [0.15, 0.2) is 4.34 Å². The highest BCUT2D eigenvalue weighted by Crippen LogP contribution is 2.61. The normalized spacial score (nSPS) is 34.4. The van der Waals surface area contributed by atoms with E-state index in [1.807, 2.05) is 0 Å². The maximum absolute atomic E-state index is 11.9. The molecule has 6 heteroatoms. The third kappa shape index (κ3) is 2.48. The minimum atomic E-state index is -0.124. The van der Waals surface area contributed by atoms with E-state index in [1.54, 1.807) is 5.51 Å². The second-order valence-electron chi connectivity index (χ2n) is 6.48. The molecule has 4 nitrogen and oxygen atoms in total. The van der Waals surface area contributed by atoms with Crippen molar-refractivity contribution in [2.45, 2.75) is 44.1 Å². The molecular weight excluding hydrogens is 292 g/mol. The molecule has 3 aliphatic rings. The van der Waals surface area contributed by atoms with Crippen LogP contribution in [-0.4, -0.2) is 28.0 Å². The van der Waals surface area contributed by atoms with Crippen LogP contribution in [0.3, 0.4) is 0 Å². The van der Waals surface area contributed by atoms with Gasteiger partial charge in [0.2, 0.25) is 0 Å². The summed E-state index contributed by atoms with van der Waals surface area (Å²) in [5.74, 6) is 2.11. The van der Waals surface area contributed by atoms with E-state index in [4.69, 9.17) is 4.74 Å². The quantitative estimate of drug-likeness (QED) is 0.631. The largest absolute Gasteiger partial charge is 0.461 e. The molecule has 2 bridgehead atoms. The van der Waals surface area contributed by atoms with Crippen LogP contribution in [0.4, 0.5) is 0 Å². The molecule has 3 fully saturated rings. The Balaban J connectivity index is 1.50. The predicted octanol–water partition coefficient (Wildman–Crippen LogP) is 3.24. The van der Waals surface area contributed by atoms with Crippen molar-refractivity contribution in [1.82, 2.24) is 10.2 Å². The molecule has 0 spiro atoms. The van der Waals surface area contributed by atoms with Crippen molar-refractivity contribution in [3.8, 4) is 0 Å². The van der Waals surface area contributed by atoms with Gasteiger partial charge in [-0.1, -0.05) is 43.9 Å². The number of carbonyl (C=O) groups excluding carboxylic acids is 1. The first-order valence-corrected chi connectivity index (χ1v) is 8.93. The molecule has 4 atom stereocenters. The van der Waals surface area contributed by atoms with E-state index in [9.17, 15) is 4.79 Å². The summed E-state index contributed by atoms with van der Waals surface area (Å²) in [6.45, 7) is 6.94. The molecule has 0 aliphatic heterocycles. The van der Waals surface area contributed by atoms with Crippen molar-refractivity contribution in [1.29, 1.82) is 0 Å². The monoisotopic (exact) mass is 312 g/mol. The Morgan fingerprint density at radius 3 is 2.95 bits per heavy atom. The van der Waals surface area contributed by atoms with Crippen molar-refractivity contribution >= 4 is 29.1 Å². The van der Waals surface area contributed by atoms with Gasteiger partial charge < -0.3 is 4.74 Å². The Labute approximate surface area is 127 Å². The molecule has 0 amide bonds. The summed E-state index contributed by atoms with van der Waals surface area (Å²) in [7, 11) is 0. The van der Waals surface area contributed by atoms with Crippen molar-refractivity contribution in [2.24, 2.45) is 23.2 Å². The predicted molar refractivity (Wildman–Crippen MR) is 79.7 cm³/mol. The zero-order chi connectivity index (χ0) is 14.3. The summed E-state index contributed by atoms with van der Waals surface area (Å²) >= 11 is 2.86. The number of carbonyl (C=O) groups is 1.